The summed E-state index contributed by atoms with van der Waals surface area (Å²) in [6, 6.07) is 0. The van der Waals surface area contributed by atoms with Crippen molar-refractivity contribution >= 4 is 17.9 Å². The SMILES string of the molecule is CC/C=C\C/C=C\C/C=C\C/C=C\CCCCC(=O)OC(COC(=O)CCCCCCC/C=C\CCCCC)COC(=O)CCCCCCCCCCCC/C=C\C/C=C\C/C=C\CCCCCCC. The highest BCUT2D eigenvalue weighted by Crippen LogP contribution is 2.15. The normalized spacial score (nSPS) is 12.8. The van der Waals surface area contributed by atoms with E-state index in [1.54, 1.807) is 0 Å². The van der Waals surface area contributed by atoms with Crippen LogP contribution in [0.1, 0.15) is 271 Å². The number of hydrogen-bond acceptors (Lipinski definition) is 6. The molecule has 0 aliphatic carbocycles. The summed E-state index contributed by atoms with van der Waals surface area (Å²) >= 11 is 0. The van der Waals surface area contributed by atoms with Crippen LogP contribution in [0.15, 0.2) is 97.2 Å². The molecule has 0 saturated carbocycles. The first-order valence-corrected chi connectivity index (χ1v) is 29.2. The fourth-order valence-electron chi connectivity index (χ4n) is 7.91. The Hall–Kier alpha value is -3.67. The van der Waals surface area contributed by atoms with Crippen LogP contribution < -0.4 is 0 Å². The Bertz CT molecular complexity index is 1400. The maximum absolute atomic E-state index is 12.8. The Morgan fingerprint density at radius 2 is 0.557 bits per heavy atom. The van der Waals surface area contributed by atoms with Gasteiger partial charge in [0.25, 0.3) is 0 Å². The van der Waals surface area contributed by atoms with Gasteiger partial charge in [0.15, 0.2) is 6.10 Å². The predicted molar refractivity (Wildman–Crippen MR) is 302 cm³/mol. The zero-order chi connectivity index (χ0) is 50.7. The molecule has 1 unspecified atom stereocenters. The molecule has 6 heteroatoms. The van der Waals surface area contributed by atoms with Crippen molar-refractivity contribution in [1.29, 1.82) is 0 Å². The van der Waals surface area contributed by atoms with Crippen LogP contribution in [0, 0.1) is 0 Å². The van der Waals surface area contributed by atoms with Gasteiger partial charge in [-0.15, -0.1) is 0 Å². The Balaban J connectivity index is 4.34. The molecule has 1 atom stereocenters. The molecule has 0 amide bonds. The topological polar surface area (TPSA) is 78.9 Å². The number of carbonyl (C=O) groups is 3. The Morgan fingerprint density at radius 3 is 0.943 bits per heavy atom. The summed E-state index contributed by atoms with van der Waals surface area (Å²) in [6.45, 7) is 6.45. The molecule has 0 aromatic carbocycles. The summed E-state index contributed by atoms with van der Waals surface area (Å²) in [7, 11) is 0. The van der Waals surface area contributed by atoms with Gasteiger partial charge >= 0.3 is 17.9 Å². The molecule has 0 aliphatic heterocycles. The predicted octanol–water partition coefficient (Wildman–Crippen LogP) is 19.7. The van der Waals surface area contributed by atoms with Crippen LogP contribution in [0.5, 0.6) is 0 Å². The Labute approximate surface area is 432 Å². The summed E-state index contributed by atoms with van der Waals surface area (Å²) in [5.74, 6) is -0.952. The van der Waals surface area contributed by atoms with Crippen molar-refractivity contribution in [2.75, 3.05) is 13.2 Å². The zero-order valence-corrected chi connectivity index (χ0v) is 45.8. The van der Waals surface area contributed by atoms with Crippen molar-refractivity contribution in [1.82, 2.24) is 0 Å². The van der Waals surface area contributed by atoms with Crippen LogP contribution >= 0.6 is 0 Å². The number of hydrogen-bond donors (Lipinski definition) is 0. The van der Waals surface area contributed by atoms with E-state index >= 15 is 0 Å². The minimum absolute atomic E-state index is 0.0993. The summed E-state index contributed by atoms with van der Waals surface area (Å²) in [5.41, 5.74) is 0. The van der Waals surface area contributed by atoms with Gasteiger partial charge in [-0.25, -0.2) is 0 Å². The fourth-order valence-corrected chi connectivity index (χ4v) is 7.91. The molecule has 70 heavy (non-hydrogen) atoms. The Morgan fingerprint density at radius 1 is 0.300 bits per heavy atom. The van der Waals surface area contributed by atoms with E-state index in [4.69, 9.17) is 14.2 Å². The van der Waals surface area contributed by atoms with Crippen LogP contribution in [-0.4, -0.2) is 37.2 Å². The van der Waals surface area contributed by atoms with Gasteiger partial charge in [0.1, 0.15) is 13.2 Å². The summed E-state index contributed by atoms with van der Waals surface area (Å²) < 4.78 is 16.8. The number of unbranched alkanes of at least 4 members (excludes halogenated alkanes) is 25. The van der Waals surface area contributed by atoms with E-state index in [0.717, 1.165) is 103 Å². The number of ether oxygens (including phenoxy) is 3. The van der Waals surface area contributed by atoms with Gasteiger partial charge in [-0.1, -0.05) is 227 Å². The molecule has 0 fully saturated rings. The first-order chi connectivity index (χ1) is 34.5. The third-order valence-electron chi connectivity index (χ3n) is 12.3. The quantitative estimate of drug-likeness (QED) is 0.0262. The second-order valence-electron chi connectivity index (χ2n) is 19.2. The van der Waals surface area contributed by atoms with Gasteiger partial charge < -0.3 is 14.2 Å². The number of esters is 3. The largest absolute Gasteiger partial charge is 0.462 e. The van der Waals surface area contributed by atoms with E-state index in [9.17, 15) is 14.4 Å². The highest BCUT2D eigenvalue weighted by atomic mass is 16.6. The van der Waals surface area contributed by atoms with E-state index in [1.165, 1.54) is 122 Å². The van der Waals surface area contributed by atoms with Gasteiger partial charge in [-0.05, 0) is 122 Å². The highest BCUT2D eigenvalue weighted by Gasteiger charge is 2.19. The maximum atomic E-state index is 12.8. The molecule has 0 spiro atoms. The third-order valence-corrected chi connectivity index (χ3v) is 12.3. The zero-order valence-electron chi connectivity index (χ0n) is 45.8. The standard InChI is InChI=1S/C64H108O6/c1-4-7-10-13-16-19-22-25-27-28-29-30-31-32-33-34-35-36-38-39-42-45-48-51-54-57-63(66)69-60-61(59-68-62(65)56-53-50-47-44-41-24-21-18-15-12-9-6-3)70-64(67)58-55-52-49-46-43-40-37-26-23-20-17-14-11-8-5-2/h8,11,17-18,20-22,25-26,28-29,31-32,37,43,46,61H,4-7,9-10,12-16,19,23-24,27,30,33-36,38-42,44-45,47-60H2,1-3H3/b11-8-,20-17-,21-18-,25-22-,29-28-,32-31-,37-26-,46-43-. The molecule has 0 heterocycles. The second kappa shape index (κ2) is 57.9. The molecule has 0 radical (unpaired) electrons. The number of carbonyl (C=O) groups excluding carboxylic acids is 3. The van der Waals surface area contributed by atoms with Crippen molar-refractivity contribution in [2.24, 2.45) is 0 Å². The van der Waals surface area contributed by atoms with Crippen LogP contribution in [-0.2, 0) is 28.6 Å². The molecular weight excluding hydrogens is 865 g/mol. The average molecular weight is 974 g/mol. The van der Waals surface area contributed by atoms with Crippen LogP contribution in [0.4, 0.5) is 0 Å². The lowest BCUT2D eigenvalue weighted by Crippen LogP contribution is -2.30. The van der Waals surface area contributed by atoms with Crippen molar-refractivity contribution in [2.45, 2.75) is 277 Å². The smallest absolute Gasteiger partial charge is 0.306 e. The lowest BCUT2D eigenvalue weighted by molar-refractivity contribution is -0.167. The minimum atomic E-state index is -0.805. The van der Waals surface area contributed by atoms with Crippen molar-refractivity contribution in [3.8, 4) is 0 Å². The summed E-state index contributed by atoms with van der Waals surface area (Å²) in [6.07, 6.45) is 76.9. The molecule has 400 valence electrons. The first-order valence-electron chi connectivity index (χ1n) is 29.2. The average Bonchev–Trinajstić information content (AvgIpc) is 3.36. The molecule has 0 rings (SSSR count). The van der Waals surface area contributed by atoms with E-state index < -0.39 is 6.10 Å². The van der Waals surface area contributed by atoms with E-state index in [1.807, 2.05) is 0 Å². The number of rotatable bonds is 52. The van der Waals surface area contributed by atoms with Crippen molar-refractivity contribution in [3.63, 3.8) is 0 Å². The molecule has 0 aliphatic rings. The van der Waals surface area contributed by atoms with E-state index in [-0.39, 0.29) is 37.5 Å². The van der Waals surface area contributed by atoms with Gasteiger partial charge in [-0.3, -0.25) is 14.4 Å². The minimum Gasteiger partial charge on any atom is -0.462 e. The van der Waals surface area contributed by atoms with Crippen molar-refractivity contribution < 1.29 is 28.6 Å². The Kier molecular flexibility index (Phi) is 54.9. The molecule has 0 saturated heterocycles. The highest BCUT2D eigenvalue weighted by molar-refractivity contribution is 5.71. The van der Waals surface area contributed by atoms with E-state index in [2.05, 4.69) is 118 Å². The van der Waals surface area contributed by atoms with E-state index in [0.29, 0.717) is 19.3 Å². The lowest BCUT2D eigenvalue weighted by atomic mass is 10.1. The monoisotopic (exact) mass is 973 g/mol. The molecule has 0 N–H and O–H groups in total. The van der Waals surface area contributed by atoms with Crippen LogP contribution in [0.25, 0.3) is 0 Å². The lowest BCUT2D eigenvalue weighted by Gasteiger charge is -2.18. The fraction of sp³-hybridized carbons (Fsp3) is 0.703. The summed E-state index contributed by atoms with van der Waals surface area (Å²) in [4.78, 5) is 38.1. The molecule has 0 aromatic heterocycles. The molecule has 0 aromatic rings. The third kappa shape index (κ3) is 55.3. The van der Waals surface area contributed by atoms with Crippen molar-refractivity contribution in [3.05, 3.63) is 97.2 Å². The van der Waals surface area contributed by atoms with Gasteiger partial charge in [-0.2, -0.15) is 0 Å². The molecular formula is C64H108O6. The first kappa shape index (κ1) is 66.3. The van der Waals surface area contributed by atoms with Crippen LogP contribution in [0.2, 0.25) is 0 Å². The number of allylic oxidation sites excluding steroid dienone is 16. The van der Waals surface area contributed by atoms with Crippen LogP contribution in [0.3, 0.4) is 0 Å². The molecule has 6 nitrogen and oxygen atoms in total. The second-order valence-corrected chi connectivity index (χ2v) is 19.2. The molecule has 0 bridgehead atoms. The van der Waals surface area contributed by atoms with Gasteiger partial charge in [0.05, 0.1) is 0 Å². The van der Waals surface area contributed by atoms with Gasteiger partial charge in [0, 0.05) is 19.3 Å². The van der Waals surface area contributed by atoms with Gasteiger partial charge in [0.2, 0.25) is 0 Å². The summed E-state index contributed by atoms with van der Waals surface area (Å²) in [5, 5.41) is 0. The maximum Gasteiger partial charge on any atom is 0.306 e.